The Morgan fingerprint density at radius 3 is 2.50 bits per heavy atom. The van der Waals surface area contributed by atoms with E-state index in [0.717, 1.165) is 44.4 Å². The third-order valence-corrected chi connectivity index (χ3v) is 4.38. The Morgan fingerprint density at radius 1 is 1.00 bits per heavy atom. The summed E-state index contributed by atoms with van der Waals surface area (Å²) >= 11 is 0. The van der Waals surface area contributed by atoms with Crippen LogP contribution in [0.1, 0.15) is 5.69 Å². The highest BCUT2D eigenvalue weighted by Crippen LogP contribution is 2.28. The molecule has 0 saturated carbocycles. The minimum atomic E-state index is -4.53. The first kappa shape index (κ1) is 16.7. The maximum atomic E-state index is 13.0. The highest BCUT2D eigenvalue weighted by Gasteiger charge is 2.33. The lowest BCUT2D eigenvalue weighted by Crippen LogP contribution is -2.44. The van der Waals surface area contributed by atoms with Gasteiger partial charge in [0.2, 0.25) is 0 Å². The van der Waals surface area contributed by atoms with Crippen LogP contribution in [0.2, 0.25) is 0 Å². The van der Waals surface area contributed by atoms with Crippen molar-refractivity contribution in [1.29, 1.82) is 0 Å². The zero-order valence-corrected chi connectivity index (χ0v) is 14.0. The lowest BCUT2D eigenvalue weighted by atomic mass is 10.3. The van der Waals surface area contributed by atoms with E-state index in [1.807, 2.05) is 0 Å². The van der Waals surface area contributed by atoms with Crippen LogP contribution in [0, 0.1) is 0 Å². The second-order valence-corrected chi connectivity index (χ2v) is 6.17. The van der Waals surface area contributed by atoms with Crippen molar-refractivity contribution in [2.45, 2.75) is 6.18 Å². The van der Waals surface area contributed by atoms with E-state index in [9.17, 15) is 13.2 Å². The number of alkyl halides is 3. The molecular formula is C16H16F3N7. The average Bonchev–Trinajstić information content (AvgIpc) is 3.05. The predicted molar refractivity (Wildman–Crippen MR) is 88.7 cm³/mol. The van der Waals surface area contributed by atoms with Gasteiger partial charge in [-0.3, -0.25) is 4.40 Å². The van der Waals surface area contributed by atoms with E-state index in [2.05, 4.69) is 36.8 Å². The molecule has 0 aliphatic carbocycles. The third-order valence-electron chi connectivity index (χ3n) is 4.38. The quantitative estimate of drug-likeness (QED) is 0.694. The number of fused-ring (bicyclic) bond motifs is 1. The van der Waals surface area contributed by atoms with Crippen LogP contribution < -0.4 is 4.90 Å². The van der Waals surface area contributed by atoms with Gasteiger partial charge in [0.25, 0.3) is 0 Å². The first-order valence-electron chi connectivity index (χ1n) is 8.09. The lowest BCUT2D eigenvalue weighted by molar-refractivity contribution is -0.141. The van der Waals surface area contributed by atoms with Crippen molar-refractivity contribution in [2.75, 3.05) is 38.1 Å². The molecule has 26 heavy (non-hydrogen) atoms. The van der Waals surface area contributed by atoms with E-state index >= 15 is 0 Å². The SMILES string of the molecule is CN1CCN(c2ccnc(-c3cnc4cnc(C(F)(F)F)cn34)n2)CC1. The fraction of sp³-hybridized carbons (Fsp3) is 0.375. The highest BCUT2D eigenvalue weighted by atomic mass is 19.4. The maximum absolute atomic E-state index is 13.0. The van der Waals surface area contributed by atoms with Crippen molar-refractivity contribution in [3.05, 3.63) is 36.5 Å². The highest BCUT2D eigenvalue weighted by molar-refractivity contribution is 5.58. The largest absolute Gasteiger partial charge is 0.434 e. The average molecular weight is 363 g/mol. The number of halogens is 3. The van der Waals surface area contributed by atoms with E-state index in [4.69, 9.17) is 0 Å². The fourth-order valence-electron chi connectivity index (χ4n) is 2.89. The van der Waals surface area contributed by atoms with Crippen LogP contribution in [0.4, 0.5) is 19.0 Å². The van der Waals surface area contributed by atoms with Gasteiger partial charge in [-0.15, -0.1) is 0 Å². The van der Waals surface area contributed by atoms with Crippen molar-refractivity contribution in [2.24, 2.45) is 0 Å². The van der Waals surface area contributed by atoms with Gasteiger partial charge < -0.3 is 9.80 Å². The van der Waals surface area contributed by atoms with Gasteiger partial charge >= 0.3 is 6.18 Å². The van der Waals surface area contributed by atoms with E-state index in [0.29, 0.717) is 17.2 Å². The molecule has 4 heterocycles. The number of piperazine rings is 1. The van der Waals surface area contributed by atoms with Gasteiger partial charge in [0.05, 0.1) is 12.4 Å². The van der Waals surface area contributed by atoms with Gasteiger partial charge in [0, 0.05) is 38.6 Å². The molecule has 1 aliphatic heterocycles. The number of anilines is 1. The molecule has 0 aromatic carbocycles. The van der Waals surface area contributed by atoms with Crippen molar-refractivity contribution in [3.63, 3.8) is 0 Å². The second kappa shape index (κ2) is 6.20. The molecule has 0 unspecified atom stereocenters. The van der Waals surface area contributed by atoms with E-state index in [1.54, 1.807) is 12.3 Å². The Kier molecular flexibility index (Phi) is 3.98. The molecule has 3 aromatic heterocycles. The van der Waals surface area contributed by atoms with Crippen LogP contribution in [0.25, 0.3) is 17.2 Å². The minimum Gasteiger partial charge on any atom is -0.354 e. The van der Waals surface area contributed by atoms with Crippen LogP contribution >= 0.6 is 0 Å². The van der Waals surface area contributed by atoms with Gasteiger partial charge in [-0.2, -0.15) is 13.2 Å². The van der Waals surface area contributed by atoms with Gasteiger partial charge in [-0.1, -0.05) is 0 Å². The minimum absolute atomic E-state index is 0.307. The van der Waals surface area contributed by atoms with E-state index in [-0.39, 0.29) is 0 Å². The number of imidazole rings is 1. The molecule has 0 N–H and O–H groups in total. The first-order valence-corrected chi connectivity index (χ1v) is 8.09. The summed E-state index contributed by atoms with van der Waals surface area (Å²) in [5.41, 5.74) is -0.287. The molecule has 7 nitrogen and oxygen atoms in total. The maximum Gasteiger partial charge on any atom is 0.434 e. The van der Waals surface area contributed by atoms with Crippen LogP contribution in [0.15, 0.2) is 30.9 Å². The van der Waals surface area contributed by atoms with Crippen molar-refractivity contribution < 1.29 is 13.2 Å². The van der Waals surface area contributed by atoms with Crippen LogP contribution in [-0.2, 0) is 6.18 Å². The summed E-state index contributed by atoms with van der Waals surface area (Å²) in [5, 5.41) is 0. The van der Waals surface area contributed by atoms with Gasteiger partial charge in [-0.05, 0) is 13.1 Å². The Balaban J connectivity index is 1.72. The Bertz CT molecular complexity index is 929. The summed E-state index contributed by atoms with van der Waals surface area (Å²) in [7, 11) is 2.06. The van der Waals surface area contributed by atoms with Crippen molar-refractivity contribution >= 4 is 11.5 Å². The lowest BCUT2D eigenvalue weighted by Gasteiger charge is -2.33. The Hall–Kier alpha value is -2.75. The monoisotopic (exact) mass is 363 g/mol. The Labute approximate surface area is 147 Å². The summed E-state index contributed by atoms with van der Waals surface area (Å²) in [5.74, 6) is 1.08. The zero-order valence-electron chi connectivity index (χ0n) is 14.0. The molecule has 0 amide bonds. The summed E-state index contributed by atoms with van der Waals surface area (Å²) in [6.45, 7) is 3.52. The smallest absolute Gasteiger partial charge is 0.354 e. The zero-order chi connectivity index (χ0) is 18.3. The predicted octanol–water partition coefficient (Wildman–Crippen LogP) is 1.96. The number of likely N-dealkylation sites (N-methyl/N-ethyl adjacent to an activating group) is 1. The molecular weight excluding hydrogens is 347 g/mol. The van der Waals surface area contributed by atoms with Gasteiger partial charge in [0.1, 0.15) is 11.5 Å². The molecule has 10 heteroatoms. The van der Waals surface area contributed by atoms with E-state index in [1.165, 1.54) is 10.6 Å². The van der Waals surface area contributed by atoms with Crippen LogP contribution in [0.3, 0.4) is 0 Å². The van der Waals surface area contributed by atoms with Gasteiger partial charge in [-0.25, -0.2) is 19.9 Å². The topological polar surface area (TPSA) is 62.5 Å². The van der Waals surface area contributed by atoms with Gasteiger partial charge in [0.15, 0.2) is 17.2 Å². The molecule has 0 bridgehead atoms. The molecule has 0 radical (unpaired) electrons. The standard InChI is InChI=1S/C16H16F3N7/c1-24-4-6-25(7-5-24)13-2-3-20-15(23-13)11-8-22-14-9-21-12(10-26(11)14)16(17,18)19/h2-3,8-10H,4-7H2,1H3. The third kappa shape index (κ3) is 3.07. The van der Waals surface area contributed by atoms with Crippen LogP contribution in [0.5, 0.6) is 0 Å². The number of aromatic nitrogens is 5. The molecule has 0 atom stereocenters. The molecule has 4 rings (SSSR count). The second-order valence-electron chi connectivity index (χ2n) is 6.17. The molecule has 1 fully saturated rings. The molecule has 1 saturated heterocycles. The molecule has 3 aromatic rings. The fourth-order valence-corrected chi connectivity index (χ4v) is 2.89. The number of nitrogens with zero attached hydrogens (tertiary/aromatic N) is 7. The number of rotatable bonds is 2. The number of hydrogen-bond donors (Lipinski definition) is 0. The Morgan fingerprint density at radius 2 is 1.77 bits per heavy atom. The molecule has 136 valence electrons. The van der Waals surface area contributed by atoms with Crippen molar-refractivity contribution in [3.8, 4) is 11.5 Å². The summed E-state index contributed by atoms with van der Waals surface area (Å²) < 4.78 is 40.2. The summed E-state index contributed by atoms with van der Waals surface area (Å²) in [4.78, 5) is 20.7. The molecule has 1 aliphatic rings. The number of hydrogen-bond acceptors (Lipinski definition) is 6. The van der Waals surface area contributed by atoms with Crippen molar-refractivity contribution in [1.82, 2.24) is 29.2 Å². The normalized spacial score (nSPS) is 16.4. The summed E-state index contributed by atoms with van der Waals surface area (Å²) in [6.07, 6.45) is 0.556. The van der Waals surface area contributed by atoms with E-state index < -0.39 is 11.9 Å². The molecule has 0 spiro atoms. The summed E-state index contributed by atoms with van der Waals surface area (Å²) in [6, 6.07) is 1.81. The first-order chi connectivity index (χ1) is 12.4. The van der Waals surface area contributed by atoms with Crippen LogP contribution in [-0.4, -0.2) is 62.5 Å².